The van der Waals surface area contributed by atoms with E-state index < -0.39 is 23.7 Å². The van der Waals surface area contributed by atoms with Crippen LogP contribution in [0.4, 0.5) is 0 Å². The third-order valence-corrected chi connectivity index (χ3v) is 10.9. The van der Waals surface area contributed by atoms with E-state index in [1.54, 1.807) is 23.8 Å². The summed E-state index contributed by atoms with van der Waals surface area (Å²) in [6.45, 7) is 12.3. The second-order valence-electron chi connectivity index (χ2n) is 10.5. The number of allylic oxidation sites excluding steroid dienone is 1. The number of hydrogen-bond acceptors (Lipinski definition) is 10. The van der Waals surface area contributed by atoms with Crippen LogP contribution in [0, 0.1) is 5.92 Å². The molecule has 2 N–H and O–H groups in total. The van der Waals surface area contributed by atoms with Gasteiger partial charge in [-0.05, 0) is 25.3 Å². The smallest absolute Gasteiger partial charge is 0.329 e. The first-order valence-electron chi connectivity index (χ1n) is 12.3. The lowest BCUT2D eigenvalue weighted by molar-refractivity contribution is -0.153. The van der Waals surface area contributed by atoms with Gasteiger partial charge in [0.2, 0.25) is 11.8 Å². The summed E-state index contributed by atoms with van der Waals surface area (Å²) in [6.07, 6.45) is 3.75. The van der Waals surface area contributed by atoms with Crippen LogP contribution in [0.1, 0.15) is 65.1 Å². The Morgan fingerprint density at radius 2 is 2.05 bits per heavy atom. The minimum absolute atomic E-state index is 0.0105. The van der Waals surface area contributed by atoms with Gasteiger partial charge in [-0.2, -0.15) is 0 Å². The Bertz CT molecular complexity index is 1050. The molecule has 37 heavy (non-hydrogen) atoms. The molecule has 1 aromatic rings. The van der Waals surface area contributed by atoms with Crippen molar-refractivity contribution in [2.75, 3.05) is 11.5 Å². The number of amides is 2. The SMILES string of the molecule is CC(C)[C@@H]1NC(=O)[C@]2(C)CSC(=N2)c2csc(n2)CNC(=O)C[C@@H](/C=C/CCSSC(C)(C)C)OC1=O. The Hall–Kier alpha value is -1.50. The van der Waals surface area contributed by atoms with Crippen LogP contribution in [-0.4, -0.2) is 61.7 Å². The number of nitrogens with one attached hydrogen (secondary N) is 2. The molecular formula is C25H36N4O4S4. The number of carbonyl (C=O) groups excluding carboxylic acids is 3. The van der Waals surface area contributed by atoms with E-state index in [1.807, 2.05) is 36.1 Å². The number of thioether (sulfide) groups is 1. The number of hydrogen-bond donors (Lipinski definition) is 2. The third kappa shape index (κ3) is 9.04. The van der Waals surface area contributed by atoms with E-state index in [1.165, 1.54) is 23.1 Å². The molecule has 0 aliphatic carbocycles. The number of ether oxygens (including phenoxy) is 1. The third-order valence-electron chi connectivity index (χ3n) is 5.42. The number of fused-ring (bicyclic) bond motifs is 4. The minimum atomic E-state index is -1.01. The van der Waals surface area contributed by atoms with Gasteiger partial charge in [0.15, 0.2) is 0 Å². The quantitative estimate of drug-likeness (QED) is 0.216. The van der Waals surface area contributed by atoms with E-state index >= 15 is 0 Å². The molecule has 1 aromatic heterocycles. The Morgan fingerprint density at radius 1 is 1.30 bits per heavy atom. The summed E-state index contributed by atoms with van der Waals surface area (Å²) in [4.78, 5) is 48.4. The van der Waals surface area contributed by atoms with Crippen LogP contribution < -0.4 is 10.6 Å². The van der Waals surface area contributed by atoms with Gasteiger partial charge in [-0.3, -0.25) is 14.6 Å². The Morgan fingerprint density at radius 3 is 2.76 bits per heavy atom. The van der Waals surface area contributed by atoms with Crippen molar-refractivity contribution < 1.29 is 19.1 Å². The van der Waals surface area contributed by atoms with E-state index in [-0.39, 0.29) is 35.4 Å². The summed E-state index contributed by atoms with van der Waals surface area (Å²) in [5.41, 5.74) is -0.309. The number of carbonyl (C=O) groups is 3. The molecule has 0 unspecified atom stereocenters. The first-order valence-corrected chi connectivity index (χ1v) is 16.5. The molecule has 0 aromatic carbocycles. The molecule has 2 aliphatic heterocycles. The predicted octanol–water partition coefficient (Wildman–Crippen LogP) is 4.59. The first-order chi connectivity index (χ1) is 17.4. The van der Waals surface area contributed by atoms with Gasteiger partial charge in [0.25, 0.3) is 0 Å². The molecule has 3 atom stereocenters. The Kier molecular flexibility index (Phi) is 10.6. The molecule has 3 rings (SSSR count). The van der Waals surface area contributed by atoms with Gasteiger partial charge in [0.05, 0.1) is 13.0 Å². The van der Waals surface area contributed by atoms with Gasteiger partial charge < -0.3 is 15.4 Å². The summed E-state index contributed by atoms with van der Waals surface area (Å²) >= 11 is 2.90. The van der Waals surface area contributed by atoms with Gasteiger partial charge in [-0.15, -0.1) is 23.1 Å². The van der Waals surface area contributed by atoms with E-state index in [0.717, 1.165) is 17.2 Å². The fourth-order valence-corrected chi connectivity index (χ4v) is 7.61. The van der Waals surface area contributed by atoms with E-state index in [9.17, 15) is 14.4 Å². The van der Waals surface area contributed by atoms with Crippen LogP contribution in [0.5, 0.6) is 0 Å². The monoisotopic (exact) mass is 584 g/mol. The number of cyclic esters (lactones) is 1. The molecule has 3 heterocycles. The van der Waals surface area contributed by atoms with Crippen molar-refractivity contribution in [2.24, 2.45) is 10.9 Å². The van der Waals surface area contributed by atoms with Gasteiger partial charge in [0.1, 0.15) is 33.4 Å². The molecule has 0 saturated carbocycles. The maximum Gasteiger partial charge on any atom is 0.329 e. The standard InChI is InChI=1S/C25H36N4O4S4/c1-15(2)20-22(31)33-16(9-7-8-10-36-37-24(3,4)5)11-18(30)26-12-19-27-17(13-34-19)21-29-25(6,14-35-21)23(32)28-20/h7,9,13,15-16,20H,8,10-12,14H2,1-6H3,(H,26,30)(H,28,32)/b9-7+/t16-,20+,25+/m1/s1. The maximum absolute atomic E-state index is 13.2. The second kappa shape index (κ2) is 13.0. The molecule has 0 fully saturated rings. The highest BCUT2D eigenvalue weighted by Crippen LogP contribution is 2.35. The molecule has 0 saturated heterocycles. The van der Waals surface area contributed by atoms with E-state index in [4.69, 9.17) is 4.74 Å². The normalized spacial score (nSPS) is 25.7. The van der Waals surface area contributed by atoms with Crippen LogP contribution in [0.2, 0.25) is 0 Å². The predicted molar refractivity (Wildman–Crippen MR) is 156 cm³/mol. The molecule has 12 heteroatoms. The number of aliphatic imine (C=N–C) groups is 1. The molecule has 0 radical (unpaired) electrons. The van der Waals surface area contributed by atoms with Crippen LogP contribution in [-0.2, 0) is 25.7 Å². The van der Waals surface area contributed by atoms with Crippen molar-refractivity contribution in [1.82, 2.24) is 15.6 Å². The summed E-state index contributed by atoms with van der Waals surface area (Å²) in [5.74, 6) is 0.0230. The Labute approximate surface area is 235 Å². The van der Waals surface area contributed by atoms with Crippen molar-refractivity contribution >= 4 is 67.5 Å². The van der Waals surface area contributed by atoms with Crippen molar-refractivity contribution in [3.8, 4) is 0 Å². The second-order valence-corrected chi connectivity index (χ2v) is 15.6. The van der Waals surface area contributed by atoms with Crippen LogP contribution >= 0.6 is 44.7 Å². The van der Waals surface area contributed by atoms with Gasteiger partial charge in [0, 0.05) is 21.6 Å². The van der Waals surface area contributed by atoms with Crippen LogP contribution in [0.3, 0.4) is 0 Å². The van der Waals surface area contributed by atoms with Gasteiger partial charge in [-0.25, -0.2) is 9.78 Å². The summed E-state index contributed by atoms with van der Waals surface area (Å²) in [7, 11) is 3.61. The lowest BCUT2D eigenvalue weighted by atomic mass is 10.0. The molecule has 4 bridgehead atoms. The summed E-state index contributed by atoms with van der Waals surface area (Å²) < 4.78 is 5.96. The molecule has 204 valence electrons. The lowest BCUT2D eigenvalue weighted by Crippen LogP contribution is -2.53. The highest BCUT2D eigenvalue weighted by Gasteiger charge is 2.41. The van der Waals surface area contributed by atoms with Crippen molar-refractivity contribution in [1.29, 1.82) is 0 Å². The minimum Gasteiger partial charge on any atom is -0.456 e. The molecule has 2 amide bonds. The zero-order valence-electron chi connectivity index (χ0n) is 22.2. The van der Waals surface area contributed by atoms with E-state index in [0.29, 0.717) is 16.5 Å². The summed E-state index contributed by atoms with van der Waals surface area (Å²) in [5, 5.41) is 9.07. The average Bonchev–Trinajstić information content (AvgIpc) is 3.44. The van der Waals surface area contributed by atoms with Crippen molar-refractivity contribution in [3.05, 3.63) is 28.2 Å². The fourth-order valence-electron chi connectivity index (χ4n) is 3.41. The largest absolute Gasteiger partial charge is 0.456 e. The molecular weight excluding hydrogens is 549 g/mol. The average molecular weight is 585 g/mol. The Balaban J connectivity index is 1.78. The van der Waals surface area contributed by atoms with Gasteiger partial charge in [-0.1, -0.05) is 62.3 Å². The van der Waals surface area contributed by atoms with Gasteiger partial charge >= 0.3 is 5.97 Å². The molecule has 0 spiro atoms. The molecule has 2 aliphatic rings. The van der Waals surface area contributed by atoms with Crippen LogP contribution in [0.25, 0.3) is 0 Å². The number of thiazole rings is 1. The van der Waals surface area contributed by atoms with Crippen LogP contribution in [0.15, 0.2) is 22.5 Å². The molecule has 8 nitrogen and oxygen atoms in total. The van der Waals surface area contributed by atoms with E-state index in [2.05, 4.69) is 41.4 Å². The summed E-state index contributed by atoms with van der Waals surface area (Å²) in [6, 6.07) is -0.856. The topological polar surface area (TPSA) is 110 Å². The number of aromatic nitrogens is 1. The van der Waals surface area contributed by atoms with Crippen molar-refractivity contribution in [3.63, 3.8) is 0 Å². The highest BCUT2D eigenvalue weighted by molar-refractivity contribution is 8.77. The zero-order valence-corrected chi connectivity index (χ0v) is 25.4. The lowest BCUT2D eigenvalue weighted by Gasteiger charge is -2.27. The maximum atomic E-state index is 13.2. The zero-order chi connectivity index (χ0) is 27.2. The fraction of sp³-hybridized carbons (Fsp3) is 0.640. The van der Waals surface area contributed by atoms with Crippen molar-refractivity contribution in [2.45, 2.75) is 83.4 Å². The number of rotatable bonds is 6. The highest BCUT2D eigenvalue weighted by atomic mass is 33.1. The number of esters is 1. The number of nitrogens with zero attached hydrogens (tertiary/aromatic N) is 2. The first kappa shape index (κ1) is 30.0.